The van der Waals surface area contributed by atoms with Gasteiger partial charge >= 0.3 is 5.69 Å². The third-order valence-corrected chi connectivity index (χ3v) is 2.75. The fourth-order valence-corrected chi connectivity index (χ4v) is 1.91. The molecule has 7 heteroatoms. The van der Waals surface area contributed by atoms with Crippen LogP contribution in [0, 0.1) is 20.6 Å². The molecule has 76 valence electrons. The number of aromatic nitrogens is 1. The van der Waals surface area contributed by atoms with Crippen molar-refractivity contribution in [3.8, 4) is 0 Å². The molecule has 0 fully saturated rings. The smallest absolute Gasteiger partial charge is 0.258 e. The fraction of sp³-hybridized carbons (Fsp3) is 0.286. The molecule has 0 atom stereocenters. The summed E-state index contributed by atoms with van der Waals surface area (Å²) in [6.45, 7) is 1.41. The van der Waals surface area contributed by atoms with E-state index >= 15 is 0 Å². The van der Waals surface area contributed by atoms with Gasteiger partial charge in [-0.1, -0.05) is 0 Å². The van der Waals surface area contributed by atoms with E-state index in [2.05, 4.69) is 4.98 Å². The second kappa shape index (κ2) is 4.11. The standard InChI is InChI=1S/C7H5F2IN2O2/c1-3-6(12(13)14)5(10)4(2-11-3)7(8)9/h2,7H,1H3. The first kappa shape index (κ1) is 11.2. The molecule has 0 saturated carbocycles. The van der Waals surface area contributed by atoms with E-state index < -0.39 is 16.9 Å². The Morgan fingerprint density at radius 1 is 1.64 bits per heavy atom. The average Bonchev–Trinajstić information content (AvgIpc) is 2.02. The summed E-state index contributed by atoms with van der Waals surface area (Å²) in [4.78, 5) is 13.4. The third-order valence-electron chi connectivity index (χ3n) is 1.62. The van der Waals surface area contributed by atoms with Crippen molar-refractivity contribution in [1.29, 1.82) is 0 Å². The van der Waals surface area contributed by atoms with Gasteiger partial charge in [0.25, 0.3) is 6.43 Å². The van der Waals surface area contributed by atoms with Crippen molar-refractivity contribution in [3.05, 3.63) is 31.1 Å². The van der Waals surface area contributed by atoms with Crippen molar-refractivity contribution in [2.75, 3.05) is 0 Å². The Kier molecular flexibility index (Phi) is 3.29. The van der Waals surface area contributed by atoms with Crippen LogP contribution >= 0.6 is 22.6 Å². The van der Waals surface area contributed by atoms with Crippen LogP contribution in [-0.2, 0) is 0 Å². The van der Waals surface area contributed by atoms with Crippen LogP contribution in [0.2, 0.25) is 0 Å². The van der Waals surface area contributed by atoms with E-state index in [4.69, 9.17) is 0 Å². The van der Waals surface area contributed by atoms with Crippen molar-refractivity contribution < 1.29 is 13.7 Å². The Morgan fingerprint density at radius 2 is 2.21 bits per heavy atom. The Labute approximate surface area is 91.6 Å². The van der Waals surface area contributed by atoms with Gasteiger partial charge in [0, 0.05) is 6.20 Å². The topological polar surface area (TPSA) is 56.0 Å². The van der Waals surface area contributed by atoms with Crippen molar-refractivity contribution in [3.63, 3.8) is 0 Å². The summed E-state index contributed by atoms with van der Waals surface area (Å²) < 4.78 is 24.6. The Balaban J connectivity index is 3.41. The van der Waals surface area contributed by atoms with E-state index in [9.17, 15) is 18.9 Å². The molecule has 0 aromatic carbocycles. The van der Waals surface area contributed by atoms with E-state index in [-0.39, 0.29) is 15.0 Å². The highest BCUT2D eigenvalue weighted by Gasteiger charge is 2.24. The quantitative estimate of drug-likeness (QED) is 0.479. The molecule has 0 aliphatic rings. The molecular formula is C7H5F2IN2O2. The molecule has 0 bridgehead atoms. The van der Waals surface area contributed by atoms with Crippen molar-refractivity contribution in [2.24, 2.45) is 0 Å². The lowest BCUT2D eigenvalue weighted by molar-refractivity contribution is -0.386. The highest BCUT2D eigenvalue weighted by Crippen LogP contribution is 2.31. The Bertz CT molecular complexity index is 384. The summed E-state index contributed by atoms with van der Waals surface area (Å²) in [6, 6.07) is 0. The predicted molar refractivity (Wildman–Crippen MR) is 53.3 cm³/mol. The van der Waals surface area contributed by atoms with Gasteiger partial charge in [-0.25, -0.2) is 8.78 Å². The summed E-state index contributed by atoms with van der Waals surface area (Å²) >= 11 is 1.54. The van der Waals surface area contributed by atoms with Crippen LogP contribution in [0.5, 0.6) is 0 Å². The molecule has 0 aliphatic carbocycles. The van der Waals surface area contributed by atoms with Gasteiger partial charge in [0.1, 0.15) is 9.26 Å². The number of nitro groups is 1. The molecule has 0 amide bonds. The normalized spacial score (nSPS) is 10.6. The number of hydrogen-bond acceptors (Lipinski definition) is 3. The molecule has 1 aromatic rings. The molecule has 1 aromatic heterocycles. The van der Waals surface area contributed by atoms with Gasteiger partial charge in [-0.15, -0.1) is 0 Å². The molecule has 0 N–H and O–H groups in total. The molecule has 0 radical (unpaired) electrons. The molecular weight excluding hydrogens is 309 g/mol. The number of aryl methyl sites for hydroxylation is 1. The Hall–Kier alpha value is -0.860. The highest BCUT2D eigenvalue weighted by molar-refractivity contribution is 14.1. The van der Waals surface area contributed by atoms with Crippen molar-refractivity contribution >= 4 is 28.3 Å². The van der Waals surface area contributed by atoms with Gasteiger partial charge in [0.05, 0.1) is 10.5 Å². The number of hydrogen-bond donors (Lipinski definition) is 0. The SMILES string of the molecule is Cc1ncc(C(F)F)c(I)c1[N+](=O)[O-]. The zero-order chi connectivity index (χ0) is 10.9. The van der Waals surface area contributed by atoms with Crippen LogP contribution in [0.15, 0.2) is 6.20 Å². The monoisotopic (exact) mass is 314 g/mol. The minimum Gasteiger partial charge on any atom is -0.258 e. The van der Waals surface area contributed by atoms with Gasteiger partial charge in [-0.2, -0.15) is 0 Å². The van der Waals surface area contributed by atoms with Gasteiger partial charge < -0.3 is 0 Å². The number of halogens is 3. The van der Waals surface area contributed by atoms with Crippen LogP contribution in [0.3, 0.4) is 0 Å². The van der Waals surface area contributed by atoms with Crippen LogP contribution in [0.25, 0.3) is 0 Å². The number of pyridine rings is 1. The molecule has 0 spiro atoms. The maximum atomic E-state index is 12.3. The lowest BCUT2D eigenvalue weighted by atomic mass is 10.2. The lowest BCUT2D eigenvalue weighted by Gasteiger charge is -2.04. The summed E-state index contributed by atoms with van der Waals surface area (Å²) in [7, 11) is 0. The van der Waals surface area contributed by atoms with Crippen LogP contribution in [-0.4, -0.2) is 9.91 Å². The van der Waals surface area contributed by atoms with E-state index in [1.54, 1.807) is 0 Å². The largest absolute Gasteiger partial charge is 0.304 e. The molecule has 4 nitrogen and oxygen atoms in total. The van der Waals surface area contributed by atoms with E-state index in [0.717, 1.165) is 6.20 Å². The molecule has 1 rings (SSSR count). The van der Waals surface area contributed by atoms with Gasteiger partial charge in [0.15, 0.2) is 0 Å². The van der Waals surface area contributed by atoms with Gasteiger partial charge in [0.2, 0.25) is 0 Å². The van der Waals surface area contributed by atoms with E-state index in [1.165, 1.54) is 29.5 Å². The lowest BCUT2D eigenvalue weighted by Crippen LogP contribution is -2.01. The minimum atomic E-state index is -2.74. The first-order valence-electron chi connectivity index (χ1n) is 3.52. The molecule has 0 saturated heterocycles. The van der Waals surface area contributed by atoms with Crippen LogP contribution < -0.4 is 0 Å². The molecule has 14 heavy (non-hydrogen) atoms. The van der Waals surface area contributed by atoms with Crippen molar-refractivity contribution in [2.45, 2.75) is 13.3 Å². The Morgan fingerprint density at radius 3 is 2.64 bits per heavy atom. The van der Waals surface area contributed by atoms with E-state index in [0.29, 0.717) is 0 Å². The number of alkyl halides is 2. The average molecular weight is 314 g/mol. The zero-order valence-electron chi connectivity index (χ0n) is 7.00. The second-order valence-electron chi connectivity index (χ2n) is 2.52. The first-order chi connectivity index (χ1) is 6.45. The van der Waals surface area contributed by atoms with Crippen molar-refractivity contribution in [1.82, 2.24) is 4.98 Å². The number of rotatable bonds is 2. The summed E-state index contributed by atoms with van der Waals surface area (Å²) in [5, 5.41) is 10.5. The zero-order valence-corrected chi connectivity index (χ0v) is 9.16. The van der Waals surface area contributed by atoms with Gasteiger partial charge in [-0.3, -0.25) is 15.1 Å². The second-order valence-corrected chi connectivity index (χ2v) is 3.60. The highest BCUT2D eigenvalue weighted by atomic mass is 127. The molecule has 0 unspecified atom stereocenters. The van der Waals surface area contributed by atoms with Gasteiger partial charge in [-0.05, 0) is 29.5 Å². The number of nitrogens with zero attached hydrogens (tertiary/aromatic N) is 2. The third kappa shape index (κ3) is 1.97. The fourth-order valence-electron chi connectivity index (χ4n) is 0.944. The maximum absolute atomic E-state index is 12.3. The maximum Gasteiger partial charge on any atom is 0.304 e. The predicted octanol–water partition coefficient (Wildman–Crippen LogP) is 2.84. The van der Waals surface area contributed by atoms with Crippen LogP contribution in [0.1, 0.15) is 17.7 Å². The summed E-state index contributed by atoms with van der Waals surface area (Å²) in [5.74, 6) is 0. The molecule has 1 heterocycles. The first-order valence-corrected chi connectivity index (χ1v) is 4.60. The minimum absolute atomic E-state index is 0.0462. The molecule has 0 aliphatic heterocycles. The van der Waals surface area contributed by atoms with Crippen LogP contribution in [0.4, 0.5) is 14.5 Å². The van der Waals surface area contributed by atoms with E-state index in [1.807, 2.05) is 0 Å². The summed E-state index contributed by atoms with van der Waals surface area (Å²) in [6.07, 6.45) is -1.77. The summed E-state index contributed by atoms with van der Waals surface area (Å²) in [5.41, 5.74) is -0.602.